The van der Waals surface area contributed by atoms with Crippen molar-refractivity contribution in [1.29, 1.82) is 0 Å². The second-order valence-corrected chi connectivity index (χ2v) is 8.89. The molecule has 2 N–H and O–H groups in total. The first-order valence-electron chi connectivity index (χ1n) is 11.6. The molecule has 0 aliphatic carbocycles. The molecular formula is C29H25FN2O4. The number of aromatic amines is 1. The highest BCUT2D eigenvalue weighted by Gasteiger charge is 2.46. The van der Waals surface area contributed by atoms with E-state index < -0.39 is 23.5 Å². The van der Waals surface area contributed by atoms with Gasteiger partial charge < -0.3 is 19.7 Å². The number of methoxy groups -OCH3 is 1. The average Bonchev–Trinajstić information content (AvgIpc) is 3.40. The fourth-order valence-corrected chi connectivity index (χ4v) is 4.73. The molecule has 5 rings (SSSR count). The van der Waals surface area contributed by atoms with Gasteiger partial charge in [-0.05, 0) is 54.8 Å². The van der Waals surface area contributed by atoms with Crippen molar-refractivity contribution in [3.63, 3.8) is 0 Å². The highest BCUT2D eigenvalue weighted by molar-refractivity contribution is 6.46. The molecule has 1 fully saturated rings. The van der Waals surface area contributed by atoms with E-state index >= 15 is 0 Å². The van der Waals surface area contributed by atoms with Crippen molar-refractivity contribution in [3.05, 3.63) is 107 Å². The lowest BCUT2D eigenvalue weighted by molar-refractivity contribution is -0.139. The fourth-order valence-electron chi connectivity index (χ4n) is 4.73. The predicted octanol–water partition coefficient (Wildman–Crippen LogP) is 5.29. The number of nitrogens with zero attached hydrogens (tertiary/aromatic N) is 1. The van der Waals surface area contributed by atoms with E-state index in [0.717, 1.165) is 22.0 Å². The van der Waals surface area contributed by atoms with E-state index in [1.54, 1.807) is 25.3 Å². The second kappa shape index (κ2) is 9.34. The zero-order chi connectivity index (χ0) is 25.4. The third kappa shape index (κ3) is 4.13. The number of Topliss-reactive ketones (excluding diaryl/α,β-unsaturated/α-hetero) is 1. The maximum atomic E-state index is 14.2. The van der Waals surface area contributed by atoms with E-state index in [0.29, 0.717) is 23.3 Å². The Labute approximate surface area is 207 Å². The van der Waals surface area contributed by atoms with Crippen molar-refractivity contribution < 1.29 is 23.8 Å². The Balaban J connectivity index is 1.56. The summed E-state index contributed by atoms with van der Waals surface area (Å²) in [6, 6.07) is 17.6. The maximum Gasteiger partial charge on any atom is 0.295 e. The summed E-state index contributed by atoms with van der Waals surface area (Å²) in [5.74, 6) is -1.57. The molecule has 2 heterocycles. The number of aliphatic hydroxyl groups excluding tert-OH is 1. The number of ether oxygens (including phenoxy) is 1. The third-order valence-electron chi connectivity index (χ3n) is 6.63. The molecule has 7 heteroatoms. The maximum absolute atomic E-state index is 14.2. The highest BCUT2D eigenvalue weighted by atomic mass is 19.1. The lowest BCUT2D eigenvalue weighted by atomic mass is 9.95. The Morgan fingerprint density at radius 2 is 1.86 bits per heavy atom. The zero-order valence-electron chi connectivity index (χ0n) is 19.9. The van der Waals surface area contributed by atoms with Crippen LogP contribution in [0.3, 0.4) is 0 Å². The topological polar surface area (TPSA) is 82.6 Å². The van der Waals surface area contributed by atoms with Gasteiger partial charge in [0.2, 0.25) is 0 Å². The van der Waals surface area contributed by atoms with Gasteiger partial charge in [0.15, 0.2) is 0 Å². The Hall–Kier alpha value is -4.39. The van der Waals surface area contributed by atoms with E-state index in [9.17, 15) is 19.1 Å². The van der Waals surface area contributed by atoms with E-state index in [2.05, 4.69) is 4.98 Å². The summed E-state index contributed by atoms with van der Waals surface area (Å²) in [6.07, 6.45) is 2.31. The number of carbonyl (C=O) groups excluding carboxylic acids is 2. The first-order chi connectivity index (χ1) is 17.4. The lowest BCUT2D eigenvalue weighted by Crippen LogP contribution is -2.31. The minimum absolute atomic E-state index is 0.0463. The Morgan fingerprint density at radius 3 is 2.58 bits per heavy atom. The summed E-state index contributed by atoms with van der Waals surface area (Å²) in [4.78, 5) is 31.0. The van der Waals surface area contributed by atoms with Gasteiger partial charge in [-0.3, -0.25) is 9.59 Å². The molecule has 0 radical (unpaired) electrons. The van der Waals surface area contributed by atoms with Gasteiger partial charge >= 0.3 is 0 Å². The second-order valence-electron chi connectivity index (χ2n) is 8.89. The molecule has 1 amide bonds. The third-order valence-corrected chi connectivity index (χ3v) is 6.63. The monoisotopic (exact) mass is 484 g/mol. The Bertz CT molecular complexity index is 1500. The number of hydrogen-bond donors (Lipinski definition) is 2. The van der Waals surface area contributed by atoms with Crippen molar-refractivity contribution in [2.75, 3.05) is 13.7 Å². The number of aromatic nitrogens is 1. The highest BCUT2D eigenvalue weighted by Crippen LogP contribution is 2.40. The first kappa shape index (κ1) is 23.4. The number of benzene rings is 3. The summed E-state index contributed by atoms with van der Waals surface area (Å²) < 4.78 is 19.5. The van der Waals surface area contributed by atoms with Gasteiger partial charge in [-0.15, -0.1) is 0 Å². The summed E-state index contributed by atoms with van der Waals surface area (Å²) in [5, 5.41) is 12.1. The van der Waals surface area contributed by atoms with Crippen molar-refractivity contribution in [2.24, 2.45) is 0 Å². The van der Waals surface area contributed by atoms with Crippen LogP contribution in [0.1, 0.15) is 28.3 Å². The molecular weight excluding hydrogens is 459 g/mol. The van der Waals surface area contributed by atoms with Gasteiger partial charge in [0, 0.05) is 29.2 Å². The molecule has 4 aromatic rings. The summed E-state index contributed by atoms with van der Waals surface area (Å²) >= 11 is 0. The number of aliphatic hydroxyl groups is 1. The van der Waals surface area contributed by atoms with Gasteiger partial charge in [-0.25, -0.2) is 4.39 Å². The number of fused-ring (bicyclic) bond motifs is 1. The molecule has 0 spiro atoms. The molecule has 0 unspecified atom stereocenters. The molecule has 1 aliphatic rings. The van der Waals surface area contributed by atoms with Crippen molar-refractivity contribution in [3.8, 4) is 5.75 Å². The number of aryl methyl sites for hydroxylation is 1. The smallest absolute Gasteiger partial charge is 0.295 e. The molecule has 6 nitrogen and oxygen atoms in total. The van der Waals surface area contributed by atoms with Crippen LogP contribution in [-0.2, 0) is 16.0 Å². The lowest BCUT2D eigenvalue weighted by Gasteiger charge is -2.25. The summed E-state index contributed by atoms with van der Waals surface area (Å²) in [5.41, 5.74) is 3.66. The molecule has 182 valence electrons. The zero-order valence-corrected chi connectivity index (χ0v) is 19.9. The van der Waals surface area contributed by atoms with E-state index in [1.165, 1.54) is 23.1 Å². The normalized spacial score (nSPS) is 17.2. The number of H-pyrrole nitrogens is 1. The quantitative estimate of drug-likeness (QED) is 0.221. The van der Waals surface area contributed by atoms with Gasteiger partial charge in [-0.2, -0.15) is 0 Å². The van der Waals surface area contributed by atoms with Crippen LogP contribution >= 0.6 is 0 Å². The predicted molar refractivity (Wildman–Crippen MR) is 135 cm³/mol. The van der Waals surface area contributed by atoms with Gasteiger partial charge in [-0.1, -0.05) is 42.0 Å². The Kier molecular flexibility index (Phi) is 6.06. The average molecular weight is 485 g/mol. The van der Waals surface area contributed by atoms with Crippen LogP contribution in [-0.4, -0.2) is 40.3 Å². The number of nitrogens with one attached hydrogen (secondary N) is 1. The van der Waals surface area contributed by atoms with Crippen LogP contribution in [0, 0.1) is 12.7 Å². The molecule has 3 aromatic carbocycles. The van der Waals surface area contributed by atoms with Gasteiger partial charge in [0.25, 0.3) is 11.7 Å². The summed E-state index contributed by atoms with van der Waals surface area (Å²) in [6.45, 7) is 2.11. The van der Waals surface area contributed by atoms with Crippen LogP contribution in [0.5, 0.6) is 5.75 Å². The fraction of sp³-hybridized carbons (Fsp3) is 0.172. The molecule has 1 atom stereocenters. The number of carbonyl (C=O) groups is 2. The number of likely N-dealkylation sites (tertiary alicyclic amines) is 1. The molecule has 1 aromatic heterocycles. The van der Waals surface area contributed by atoms with Crippen LogP contribution in [0.4, 0.5) is 4.39 Å². The number of rotatable bonds is 6. The van der Waals surface area contributed by atoms with Crippen molar-refractivity contribution >= 4 is 28.4 Å². The van der Waals surface area contributed by atoms with Crippen LogP contribution in [0.2, 0.25) is 0 Å². The number of ketones is 1. The van der Waals surface area contributed by atoms with Crippen molar-refractivity contribution in [1.82, 2.24) is 9.88 Å². The van der Waals surface area contributed by atoms with E-state index in [4.69, 9.17) is 4.74 Å². The largest absolute Gasteiger partial charge is 0.507 e. The summed E-state index contributed by atoms with van der Waals surface area (Å²) in [7, 11) is 1.60. The number of halogens is 1. The van der Waals surface area contributed by atoms with Crippen LogP contribution in [0.25, 0.3) is 16.7 Å². The van der Waals surface area contributed by atoms with Crippen molar-refractivity contribution in [2.45, 2.75) is 19.4 Å². The number of amides is 1. The van der Waals surface area contributed by atoms with Crippen LogP contribution in [0.15, 0.2) is 78.5 Å². The molecule has 0 saturated carbocycles. The molecule has 36 heavy (non-hydrogen) atoms. The standard InChI is InChI=1S/C29H25FN2O4/c1-17-6-8-18(9-7-17)27(33)25-26(19-4-3-5-21(30)14-19)32(29(35)28(25)34)13-12-20-16-31-24-11-10-22(36-2)15-23(20)24/h3-11,14-16,26,31,33H,12-13H2,1-2H3/t26-/m0/s1. The molecule has 1 saturated heterocycles. The molecule has 0 bridgehead atoms. The van der Waals surface area contributed by atoms with Gasteiger partial charge in [0.1, 0.15) is 17.3 Å². The first-order valence-corrected chi connectivity index (χ1v) is 11.6. The van der Waals surface area contributed by atoms with E-state index in [1.807, 2.05) is 43.5 Å². The van der Waals surface area contributed by atoms with E-state index in [-0.39, 0.29) is 17.9 Å². The van der Waals surface area contributed by atoms with Gasteiger partial charge in [0.05, 0.1) is 18.7 Å². The van der Waals surface area contributed by atoms with Crippen LogP contribution < -0.4 is 4.74 Å². The minimum Gasteiger partial charge on any atom is -0.507 e. The molecule has 1 aliphatic heterocycles. The Morgan fingerprint density at radius 1 is 1.08 bits per heavy atom. The number of hydrogen-bond acceptors (Lipinski definition) is 4. The SMILES string of the molecule is COc1ccc2[nH]cc(CCN3C(=O)C(=O)C(=C(O)c4ccc(C)cc4)[C@@H]3c3cccc(F)c3)c2c1. The minimum atomic E-state index is -0.915.